The highest BCUT2D eigenvalue weighted by molar-refractivity contribution is 8.00. The largest absolute Gasteiger partial charge is 0.446 e. The fraction of sp³-hybridized carbons (Fsp3) is 0.308. The molecular weight excluding hydrogens is 319 g/mol. The molecule has 0 aliphatic rings. The number of benzene rings is 1. The molecule has 1 amide bonds. The lowest BCUT2D eigenvalue weighted by Gasteiger charge is -2.06. The van der Waals surface area contributed by atoms with E-state index in [9.17, 15) is 18.0 Å². The predicted octanol–water partition coefficient (Wildman–Crippen LogP) is 4.06. The van der Waals surface area contributed by atoms with Crippen LogP contribution in [0.4, 0.5) is 19.2 Å². The number of nitrogens with zero attached hydrogens (tertiary/aromatic N) is 2. The molecule has 5 nitrogen and oxygen atoms in total. The number of amides is 1. The van der Waals surface area contributed by atoms with Gasteiger partial charge in [0, 0.05) is 16.4 Å². The first-order chi connectivity index (χ1) is 10.2. The second kappa shape index (κ2) is 6.39. The van der Waals surface area contributed by atoms with E-state index < -0.39 is 11.4 Å². The minimum Gasteiger partial charge on any atom is -0.408 e. The Labute approximate surface area is 128 Å². The Hall–Kier alpha value is -2.03. The van der Waals surface area contributed by atoms with Gasteiger partial charge in [-0.2, -0.15) is 13.2 Å². The summed E-state index contributed by atoms with van der Waals surface area (Å²) in [6, 6.07) is 4.98. The van der Waals surface area contributed by atoms with Crippen LogP contribution < -0.4 is 5.32 Å². The van der Waals surface area contributed by atoms with Crippen LogP contribution in [0.1, 0.15) is 36.0 Å². The lowest BCUT2D eigenvalue weighted by Crippen LogP contribution is -2.12. The average Bonchev–Trinajstić information content (AvgIpc) is 2.86. The number of nitrogens with one attached hydrogen (secondary N) is 1. The summed E-state index contributed by atoms with van der Waals surface area (Å²) in [5.41, 5.74) is -4.17. The van der Waals surface area contributed by atoms with Gasteiger partial charge in [-0.25, -0.2) is 0 Å². The summed E-state index contributed by atoms with van der Waals surface area (Å²) in [7, 11) is 0. The second-order valence-electron chi connectivity index (χ2n) is 4.63. The summed E-state index contributed by atoms with van der Waals surface area (Å²) in [6.07, 6.45) is 0. The van der Waals surface area contributed by atoms with Crippen LogP contribution in [0.2, 0.25) is 0 Å². The molecular formula is C13H12F3N3O2S. The molecule has 0 aliphatic carbocycles. The van der Waals surface area contributed by atoms with Crippen LogP contribution in [-0.4, -0.2) is 21.6 Å². The maximum Gasteiger partial charge on any atom is 0.446 e. The quantitative estimate of drug-likeness (QED) is 0.856. The van der Waals surface area contributed by atoms with E-state index in [0.29, 0.717) is 5.89 Å². The van der Waals surface area contributed by atoms with Crippen LogP contribution >= 0.6 is 11.8 Å². The number of thioether (sulfide) groups is 1. The number of rotatable bonds is 4. The standard InChI is InChI=1S/C13H12F3N3O2S/c1-7(2)11-18-19-12(21-11)17-10(20)8-3-5-9(6-4-8)22-13(14,15)16/h3-7H,1-2H3,(H,17,19,20). The molecule has 0 saturated heterocycles. The van der Waals surface area contributed by atoms with Gasteiger partial charge in [0.1, 0.15) is 0 Å². The molecule has 118 valence electrons. The summed E-state index contributed by atoms with van der Waals surface area (Å²) in [5, 5.41) is 9.82. The van der Waals surface area contributed by atoms with Gasteiger partial charge in [-0.3, -0.25) is 10.1 Å². The fourth-order valence-electron chi connectivity index (χ4n) is 1.50. The van der Waals surface area contributed by atoms with Crippen LogP contribution in [0.3, 0.4) is 0 Å². The summed E-state index contributed by atoms with van der Waals surface area (Å²) < 4.78 is 41.9. The number of alkyl halides is 3. The number of carbonyl (C=O) groups excluding carboxylic acids is 1. The second-order valence-corrected chi connectivity index (χ2v) is 5.76. The third kappa shape index (κ3) is 4.48. The zero-order chi connectivity index (χ0) is 16.3. The molecule has 2 aromatic rings. The molecule has 0 spiro atoms. The van der Waals surface area contributed by atoms with Crippen LogP contribution in [-0.2, 0) is 0 Å². The van der Waals surface area contributed by atoms with Crippen LogP contribution in [0, 0.1) is 0 Å². The molecule has 9 heteroatoms. The smallest absolute Gasteiger partial charge is 0.408 e. The number of hydrogen-bond acceptors (Lipinski definition) is 5. The summed E-state index contributed by atoms with van der Waals surface area (Å²) in [5.74, 6) is -0.133. The van der Waals surface area contributed by atoms with Crippen molar-refractivity contribution in [1.29, 1.82) is 0 Å². The van der Waals surface area contributed by atoms with Gasteiger partial charge in [-0.1, -0.05) is 18.9 Å². The van der Waals surface area contributed by atoms with Crippen molar-refractivity contribution in [2.75, 3.05) is 5.32 Å². The number of hydrogen-bond donors (Lipinski definition) is 1. The molecule has 0 atom stereocenters. The van der Waals surface area contributed by atoms with Gasteiger partial charge in [0.05, 0.1) is 0 Å². The van der Waals surface area contributed by atoms with E-state index in [1.165, 1.54) is 24.3 Å². The lowest BCUT2D eigenvalue weighted by atomic mass is 10.2. The van der Waals surface area contributed by atoms with Gasteiger partial charge in [0.2, 0.25) is 5.89 Å². The van der Waals surface area contributed by atoms with Crippen molar-refractivity contribution in [2.45, 2.75) is 30.2 Å². The number of carbonyl (C=O) groups is 1. The minimum atomic E-state index is -4.36. The van der Waals surface area contributed by atoms with Gasteiger partial charge < -0.3 is 4.42 Å². The van der Waals surface area contributed by atoms with Crippen molar-refractivity contribution < 1.29 is 22.4 Å². The Morgan fingerprint density at radius 2 is 1.86 bits per heavy atom. The summed E-state index contributed by atoms with van der Waals surface area (Å²) in [6.45, 7) is 3.71. The highest BCUT2D eigenvalue weighted by atomic mass is 32.2. The van der Waals surface area contributed by atoms with E-state index in [1.54, 1.807) is 0 Å². The molecule has 0 aliphatic heterocycles. The molecule has 22 heavy (non-hydrogen) atoms. The van der Waals surface area contributed by atoms with Gasteiger partial charge in [-0.05, 0) is 36.0 Å². The first kappa shape index (κ1) is 16.3. The van der Waals surface area contributed by atoms with E-state index in [1.807, 2.05) is 13.8 Å². The highest BCUT2D eigenvalue weighted by Crippen LogP contribution is 2.36. The number of aromatic nitrogens is 2. The first-order valence-corrected chi connectivity index (χ1v) is 7.07. The Kier molecular flexibility index (Phi) is 4.74. The third-order valence-electron chi connectivity index (χ3n) is 2.51. The summed E-state index contributed by atoms with van der Waals surface area (Å²) in [4.78, 5) is 11.9. The third-order valence-corrected chi connectivity index (χ3v) is 3.24. The van der Waals surface area contributed by atoms with E-state index in [-0.39, 0.29) is 34.2 Å². The Balaban J connectivity index is 2.03. The molecule has 0 saturated carbocycles. The van der Waals surface area contributed by atoms with Crippen LogP contribution in [0.15, 0.2) is 33.6 Å². The van der Waals surface area contributed by atoms with Crippen molar-refractivity contribution >= 4 is 23.7 Å². The summed E-state index contributed by atoms with van der Waals surface area (Å²) >= 11 is -0.241. The van der Waals surface area contributed by atoms with Crippen molar-refractivity contribution in [3.8, 4) is 0 Å². The van der Waals surface area contributed by atoms with Gasteiger partial charge in [0.15, 0.2) is 0 Å². The molecule has 0 radical (unpaired) electrons. The zero-order valence-corrected chi connectivity index (χ0v) is 12.5. The van der Waals surface area contributed by atoms with Gasteiger partial charge in [-0.15, -0.1) is 5.10 Å². The first-order valence-electron chi connectivity index (χ1n) is 6.25. The molecule has 1 aromatic heterocycles. The zero-order valence-electron chi connectivity index (χ0n) is 11.6. The van der Waals surface area contributed by atoms with E-state index in [2.05, 4.69) is 15.5 Å². The molecule has 0 unspecified atom stereocenters. The van der Waals surface area contributed by atoms with Crippen molar-refractivity contribution in [3.63, 3.8) is 0 Å². The molecule has 2 rings (SSSR count). The average molecular weight is 331 g/mol. The van der Waals surface area contributed by atoms with Crippen molar-refractivity contribution in [3.05, 3.63) is 35.7 Å². The maximum absolute atomic E-state index is 12.2. The minimum absolute atomic E-state index is 0.00364. The van der Waals surface area contributed by atoms with E-state index >= 15 is 0 Å². The number of anilines is 1. The maximum atomic E-state index is 12.2. The Morgan fingerprint density at radius 3 is 2.36 bits per heavy atom. The topological polar surface area (TPSA) is 68.0 Å². The van der Waals surface area contributed by atoms with Gasteiger partial charge in [0.25, 0.3) is 5.91 Å². The Morgan fingerprint density at radius 1 is 1.23 bits per heavy atom. The van der Waals surface area contributed by atoms with Crippen LogP contribution in [0.5, 0.6) is 0 Å². The van der Waals surface area contributed by atoms with Gasteiger partial charge >= 0.3 is 11.5 Å². The van der Waals surface area contributed by atoms with Crippen molar-refractivity contribution in [1.82, 2.24) is 10.2 Å². The molecule has 0 fully saturated rings. The predicted molar refractivity (Wildman–Crippen MR) is 74.7 cm³/mol. The molecule has 1 heterocycles. The fourth-order valence-corrected chi connectivity index (χ4v) is 2.04. The monoisotopic (exact) mass is 331 g/mol. The van der Waals surface area contributed by atoms with E-state index in [0.717, 1.165) is 0 Å². The SMILES string of the molecule is CC(C)c1nnc(NC(=O)c2ccc(SC(F)(F)F)cc2)o1. The van der Waals surface area contributed by atoms with Crippen LogP contribution in [0.25, 0.3) is 0 Å². The van der Waals surface area contributed by atoms with E-state index in [4.69, 9.17) is 4.42 Å². The number of halogens is 3. The highest BCUT2D eigenvalue weighted by Gasteiger charge is 2.29. The lowest BCUT2D eigenvalue weighted by molar-refractivity contribution is -0.0328. The molecule has 0 bridgehead atoms. The normalized spacial score (nSPS) is 11.7. The molecule has 1 N–H and O–H groups in total. The van der Waals surface area contributed by atoms with Crippen molar-refractivity contribution in [2.24, 2.45) is 0 Å². The molecule has 1 aromatic carbocycles. The Bertz CT molecular complexity index is 653.